The van der Waals surface area contributed by atoms with Gasteiger partial charge in [0.25, 0.3) is 5.56 Å². The van der Waals surface area contributed by atoms with Crippen molar-refractivity contribution >= 4 is 28.9 Å². The van der Waals surface area contributed by atoms with E-state index in [1.54, 1.807) is 37.8 Å². The van der Waals surface area contributed by atoms with Gasteiger partial charge in [0.15, 0.2) is 10.6 Å². The van der Waals surface area contributed by atoms with E-state index in [2.05, 4.69) is 4.99 Å². The molecule has 176 valence electrons. The van der Waals surface area contributed by atoms with Gasteiger partial charge in [0.05, 0.1) is 24.8 Å². The number of hydrogen-bond donors (Lipinski definition) is 0. The molecule has 0 saturated carbocycles. The van der Waals surface area contributed by atoms with Crippen LogP contribution < -0.4 is 29.3 Å². The van der Waals surface area contributed by atoms with E-state index in [-0.39, 0.29) is 11.3 Å². The van der Waals surface area contributed by atoms with Crippen LogP contribution in [0.1, 0.15) is 31.0 Å². The number of thiazole rings is 1. The van der Waals surface area contributed by atoms with Crippen molar-refractivity contribution in [3.63, 3.8) is 0 Å². The molecular weight excluding hydrogens is 450 g/mol. The van der Waals surface area contributed by atoms with Crippen LogP contribution in [0.3, 0.4) is 0 Å². The molecule has 4 rings (SSSR count). The van der Waals surface area contributed by atoms with Crippen LogP contribution in [-0.2, 0) is 4.79 Å². The number of rotatable bonds is 6. The molecule has 0 spiro atoms. The summed E-state index contributed by atoms with van der Waals surface area (Å²) in [7, 11) is 7.10. The van der Waals surface area contributed by atoms with Crippen molar-refractivity contribution in [3.8, 4) is 11.5 Å². The quantitative estimate of drug-likeness (QED) is 0.546. The number of anilines is 1. The molecule has 1 atom stereocenters. The summed E-state index contributed by atoms with van der Waals surface area (Å²) in [5, 5.41) is 0. The number of nitrogens with zero attached hydrogens (tertiary/aromatic N) is 3. The van der Waals surface area contributed by atoms with Gasteiger partial charge in [0, 0.05) is 42.7 Å². The number of aromatic nitrogens is 1. The second-order valence-corrected chi connectivity index (χ2v) is 9.24. The van der Waals surface area contributed by atoms with Gasteiger partial charge in [0.1, 0.15) is 11.5 Å². The van der Waals surface area contributed by atoms with Crippen molar-refractivity contribution < 1.29 is 14.3 Å². The Balaban J connectivity index is 1.94. The fraction of sp³-hybridized carbons (Fsp3) is 0.269. The molecule has 34 heavy (non-hydrogen) atoms. The third-order valence-corrected chi connectivity index (χ3v) is 6.83. The van der Waals surface area contributed by atoms with Gasteiger partial charge in [0.2, 0.25) is 0 Å². The summed E-state index contributed by atoms with van der Waals surface area (Å²) >= 11 is 1.31. The number of fused-ring (bicyclic) bond motifs is 1. The van der Waals surface area contributed by atoms with E-state index in [9.17, 15) is 9.59 Å². The van der Waals surface area contributed by atoms with Crippen LogP contribution in [0.25, 0.3) is 6.08 Å². The molecule has 2 heterocycles. The van der Waals surface area contributed by atoms with Crippen LogP contribution in [-0.4, -0.2) is 38.7 Å². The summed E-state index contributed by atoms with van der Waals surface area (Å²) in [6.45, 7) is 3.30. The van der Waals surface area contributed by atoms with Gasteiger partial charge in [-0.05, 0) is 49.8 Å². The molecule has 1 aliphatic rings. The summed E-state index contributed by atoms with van der Waals surface area (Å²) in [5.74, 6) is 1.02. The van der Waals surface area contributed by atoms with Crippen molar-refractivity contribution in [2.24, 2.45) is 4.99 Å². The molecular formula is C26H27N3O4S. The van der Waals surface area contributed by atoms with Gasteiger partial charge in [-0.15, -0.1) is 0 Å². The van der Waals surface area contributed by atoms with E-state index >= 15 is 0 Å². The van der Waals surface area contributed by atoms with Crippen LogP contribution in [0.4, 0.5) is 5.69 Å². The minimum Gasteiger partial charge on any atom is -0.497 e. The number of methoxy groups -OCH3 is 2. The first kappa shape index (κ1) is 23.5. The van der Waals surface area contributed by atoms with E-state index in [4.69, 9.17) is 9.47 Å². The predicted octanol–water partition coefficient (Wildman–Crippen LogP) is 2.91. The molecule has 0 fully saturated rings. The zero-order chi connectivity index (χ0) is 24.6. The summed E-state index contributed by atoms with van der Waals surface area (Å²) in [4.78, 5) is 33.6. The Hall–Kier alpha value is -3.65. The monoisotopic (exact) mass is 477 g/mol. The van der Waals surface area contributed by atoms with Crippen LogP contribution in [0.5, 0.6) is 11.5 Å². The van der Waals surface area contributed by atoms with Gasteiger partial charge in [-0.2, -0.15) is 0 Å². The molecule has 1 unspecified atom stereocenters. The average Bonchev–Trinajstić information content (AvgIpc) is 3.12. The predicted molar refractivity (Wildman–Crippen MR) is 135 cm³/mol. The molecule has 0 aliphatic carbocycles. The topological polar surface area (TPSA) is 73.1 Å². The van der Waals surface area contributed by atoms with Gasteiger partial charge >= 0.3 is 0 Å². The lowest BCUT2D eigenvalue weighted by atomic mass is 9.92. The molecule has 8 heteroatoms. The molecule has 7 nitrogen and oxygen atoms in total. The molecule has 3 aromatic rings. The van der Waals surface area contributed by atoms with Crippen LogP contribution in [0.15, 0.2) is 63.5 Å². The maximum Gasteiger partial charge on any atom is 0.271 e. The zero-order valence-corrected chi connectivity index (χ0v) is 20.9. The largest absolute Gasteiger partial charge is 0.497 e. The highest BCUT2D eigenvalue weighted by molar-refractivity contribution is 7.07. The smallest absolute Gasteiger partial charge is 0.271 e. The van der Waals surface area contributed by atoms with Gasteiger partial charge in [-0.3, -0.25) is 14.2 Å². The van der Waals surface area contributed by atoms with E-state index in [0.29, 0.717) is 37.7 Å². The van der Waals surface area contributed by atoms with E-state index in [0.717, 1.165) is 11.3 Å². The third-order valence-electron chi connectivity index (χ3n) is 5.84. The molecule has 1 aromatic heterocycles. The van der Waals surface area contributed by atoms with E-state index in [1.165, 1.54) is 18.3 Å². The fourth-order valence-electron chi connectivity index (χ4n) is 4.13. The highest BCUT2D eigenvalue weighted by atomic mass is 32.1. The molecule has 0 N–H and O–H groups in total. The maximum absolute atomic E-state index is 13.6. The molecule has 0 amide bonds. The Morgan fingerprint density at radius 2 is 1.82 bits per heavy atom. The average molecular weight is 478 g/mol. The van der Waals surface area contributed by atoms with E-state index < -0.39 is 6.04 Å². The summed E-state index contributed by atoms with van der Waals surface area (Å²) < 4.78 is 13.1. The molecule has 0 bridgehead atoms. The molecule has 1 aliphatic heterocycles. The van der Waals surface area contributed by atoms with Gasteiger partial charge in [-0.25, -0.2) is 4.99 Å². The van der Waals surface area contributed by atoms with Crippen LogP contribution in [0.2, 0.25) is 0 Å². The fourth-order valence-corrected chi connectivity index (χ4v) is 5.18. The number of carbonyl (C=O) groups excluding carboxylic acids is 1. The van der Waals surface area contributed by atoms with Crippen molar-refractivity contribution in [3.05, 3.63) is 84.5 Å². The standard InChI is InChI=1S/C26H27N3O4S/c1-15-23(16(2)30)24(20-12-11-19(32-5)14-21(20)33-6)29-25(31)22(34-26(29)27-15)13-17-7-9-18(10-8-17)28(3)4/h7-14,24H,1-6H3/b22-13-. The van der Waals surface area contributed by atoms with Gasteiger partial charge < -0.3 is 14.4 Å². The lowest BCUT2D eigenvalue weighted by Crippen LogP contribution is -2.39. The number of ketones is 1. The first-order valence-electron chi connectivity index (χ1n) is 10.8. The van der Waals surface area contributed by atoms with E-state index in [1.807, 2.05) is 55.4 Å². The number of benzene rings is 2. The Kier molecular flexibility index (Phi) is 6.43. The number of Topliss-reactive ketones (excluding diaryl/α,β-unsaturated/α-hetero) is 1. The second-order valence-electron chi connectivity index (χ2n) is 8.23. The zero-order valence-electron chi connectivity index (χ0n) is 20.1. The minimum absolute atomic E-state index is 0.141. The van der Waals surface area contributed by atoms with Crippen LogP contribution in [0, 0.1) is 0 Å². The molecule has 2 aromatic carbocycles. The summed E-state index contributed by atoms with van der Waals surface area (Å²) in [6.07, 6.45) is 1.86. The van der Waals surface area contributed by atoms with Gasteiger partial charge in [-0.1, -0.05) is 23.5 Å². The van der Waals surface area contributed by atoms with Crippen molar-refractivity contribution in [1.29, 1.82) is 0 Å². The number of allylic oxidation sites excluding steroid dienone is 2. The molecule has 0 saturated heterocycles. The first-order valence-corrected chi connectivity index (χ1v) is 11.6. The first-order chi connectivity index (χ1) is 16.2. The number of hydrogen-bond acceptors (Lipinski definition) is 7. The Labute approximate surface area is 201 Å². The van der Waals surface area contributed by atoms with Crippen molar-refractivity contribution in [1.82, 2.24) is 4.57 Å². The highest BCUT2D eigenvalue weighted by Crippen LogP contribution is 2.37. The van der Waals surface area contributed by atoms with Crippen molar-refractivity contribution in [2.45, 2.75) is 19.9 Å². The SMILES string of the molecule is COc1ccc(C2C(C(C)=O)=C(C)N=c3s/c(=C\c4ccc(N(C)C)cc4)c(=O)n32)c(OC)c1. The lowest BCUT2D eigenvalue weighted by molar-refractivity contribution is -0.114. The Bertz CT molecular complexity index is 1460. The van der Waals surface area contributed by atoms with Crippen molar-refractivity contribution in [2.75, 3.05) is 33.2 Å². The van der Waals surface area contributed by atoms with Crippen LogP contribution >= 0.6 is 11.3 Å². The maximum atomic E-state index is 13.6. The molecule has 0 radical (unpaired) electrons. The normalized spacial score (nSPS) is 15.6. The summed E-state index contributed by atoms with van der Waals surface area (Å²) in [6, 6.07) is 12.7. The minimum atomic E-state index is -0.645. The lowest BCUT2D eigenvalue weighted by Gasteiger charge is -2.26. The second kappa shape index (κ2) is 9.30. The Morgan fingerprint density at radius 3 is 2.41 bits per heavy atom. The number of ether oxygens (including phenoxy) is 2. The number of carbonyl (C=O) groups is 1. The highest BCUT2D eigenvalue weighted by Gasteiger charge is 2.32. The third kappa shape index (κ3) is 4.17. The summed E-state index contributed by atoms with van der Waals surface area (Å²) in [5.41, 5.74) is 3.56. The Morgan fingerprint density at radius 1 is 1.12 bits per heavy atom.